The third-order valence-corrected chi connectivity index (χ3v) is 4.68. The number of hydrogen-bond acceptors (Lipinski definition) is 2. The van der Waals surface area contributed by atoms with Crippen LogP contribution in [0.2, 0.25) is 5.02 Å². The van der Waals surface area contributed by atoms with Crippen LogP contribution in [0.5, 0.6) is 0 Å². The van der Waals surface area contributed by atoms with Crippen molar-refractivity contribution in [1.29, 1.82) is 0 Å². The van der Waals surface area contributed by atoms with E-state index in [9.17, 15) is 5.11 Å². The van der Waals surface area contributed by atoms with Gasteiger partial charge in [0.05, 0.1) is 0 Å². The molecule has 2 aromatic carbocycles. The predicted octanol–water partition coefficient (Wildman–Crippen LogP) is 4.67. The van der Waals surface area contributed by atoms with Crippen molar-refractivity contribution in [3.63, 3.8) is 0 Å². The number of halogens is 1. The molecule has 1 N–H and O–H groups in total. The second-order valence-corrected chi connectivity index (χ2v) is 6.37. The van der Waals surface area contributed by atoms with Crippen molar-refractivity contribution in [2.24, 2.45) is 5.92 Å². The maximum absolute atomic E-state index is 9.52. The molecule has 0 amide bonds. The highest BCUT2D eigenvalue weighted by atomic mass is 35.5. The number of benzene rings is 2. The van der Waals surface area contributed by atoms with Crippen LogP contribution in [0.4, 0.5) is 0 Å². The van der Waals surface area contributed by atoms with Crippen LogP contribution in [0, 0.1) is 5.92 Å². The molecule has 0 bridgehead atoms. The molecule has 0 saturated heterocycles. The topological polar surface area (TPSA) is 20.2 Å². The largest absolute Gasteiger partial charge is 0.396 e. The summed E-state index contributed by atoms with van der Waals surface area (Å²) in [6.07, 6.45) is 1.83. The molecular weight excluding hydrogens is 288 g/mol. The molecule has 0 aliphatic rings. The first-order valence-electron chi connectivity index (χ1n) is 6.81. The summed E-state index contributed by atoms with van der Waals surface area (Å²) in [7, 11) is 0. The fourth-order valence-corrected chi connectivity index (χ4v) is 3.34. The van der Waals surface area contributed by atoms with Crippen molar-refractivity contribution >= 4 is 23.4 Å². The lowest BCUT2D eigenvalue weighted by atomic mass is 9.98. The molecule has 0 heterocycles. The first kappa shape index (κ1) is 15.4. The molecule has 0 aromatic heterocycles. The van der Waals surface area contributed by atoms with E-state index < -0.39 is 0 Å². The minimum absolute atomic E-state index is 0.209. The molecule has 1 nitrogen and oxygen atoms in total. The van der Waals surface area contributed by atoms with Crippen molar-refractivity contribution in [3.8, 4) is 0 Å². The highest BCUT2D eigenvalue weighted by Crippen LogP contribution is 2.24. The normalized spacial score (nSPS) is 12.3. The van der Waals surface area contributed by atoms with E-state index in [0.29, 0.717) is 0 Å². The Morgan fingerprint density at radius 1 is 1.00 bits per heavy atom. The summed E-state index contributed by atoms with van der Waals surface area (Å²) in [6.45, 7) is 0.209. The Bertz CT molecular complexity index is 515. The Labute approximate surface area is 130 Å². The van der Waals surface area contributed by atoms with Crippen molar-refractivity contribution in [2.45, 2.75) is 17.7 Å². The first-order valence-corrected chi connectivity index (χ1v) is 8.18. The maximum Gasteiger partial charge on any atom is 0.0462 e. The zero-order valence-electron chi connectivity index (χ0n) is 11.3. The van der Waals surface area contributed by atoms with Crippen LogP contribution in [-0.2, 0) is 6.42 Å². The monoisotopic (exact) mass is 306 g/mol. The van der Waals surface area contributed by atoms with E-state index in [1.165, 1.54) is 4.90 Å². The number of rotatable bonds is 7. The molecule has 0 aliphatic heterocycles. The van der Waals surface area contributed by atoms with Crippen molar-refractivity contribution < 1.29 is 5.11 Å². The maximum atomic E-state index is 9.52. The summed E-state index contributed by atoms with van der Waals surface area (Å²) in [5.41, 5.74) is 1.12. The lowest BCUT2D eigenvalue weighted by molar-refractivity contribution is 0.223. The summed E-state index contributed by atoms with van der Waals surface area (Å²) in [4.78, 5) is 1.28. The van der Waals surface area contributed by atoms with Gasteiger partial charge in [-0.05, 0) is 48.3 Å². The van der Waals surface area contributed by atoms with Gasteiger partial charge in [-0.3, -0.25) is 0 Å². The number of aliphatic hydroxyl groups is 1. The number of thioether (sulfide) groups is 1. The van der Waals surface area contributed by atoms with E-state index in [1.807, 2.05) is 42.1 Å². The highest BCUT2D eigenvalue weighted by molar-refractivity contribution is 7.99. The molecule has 2 aromatic rings. The molecule has 0 spiro atoms. The van der Waals surface area contributed by atoms with Crippen molar-refractivity contribution in [3.05, 3.63) is 65.2 Å². The molecule has 1 atom stereocenters. The van der Waals surface area contributed by atoms with Gasteiger partial charge in [-0.1, -0.05) is 48.0 Å². The number of hydrogen-bond donors (Lipinski definition) is 1. The van der Waals surface area contributed by atoms with Crippen LogP contribution in [0.3, 0.4) is 0 Å². The number of aliphatic hydroxyl groups excluding tert-OH is 1. The van der Waals surface area contributed by atoms with Gasteiger partial charge in [-0.25, -0.2) is 0 Å². The fraction of sp³-hybridized carbons (Fsp3) is 0.294. The zero-order chi connectivity index (χ0) is 14.2. The Kier molecular flexibility index (Phi) is 6.44. The standard InChI is InChI=1S/C17H19ClOS/c18-17-9-5-4-6-15(17)12-14(13-19)10-11-20-16-7-2-1-3-8-16/h1-9,14,19H,10-13H2. The Hall–Kier alpha value is -0.960. The third kappa shape index (κ3) is 4.86. The molecular formula is C17H19ClOS. The van der Waals surface area contributed by atoms with Gasteiger partial charge >= 0.3 is 0 Å². The van der Waals surface area contributed by atoms with Crippen LogP contribution in [-0.4, -0.2) is 17.5 Å². The average Bonchev–Trinajstić information content (AvgIpc) is 2.49. The minimum atomic E-state index is 0.209. The van der Waals surface area contributed by atoms with E-state index in [2.05, 4.69) is 24.3 Å². The predicted molar refractivity (Wildman–Crippen MR) is 87.5 cm³/mol. The van der Waals surface area contributed by atoms with Gasteiger partial charge in [0, 0.05) is 16.5 Å². The van der Waals surface area contributed by atoms with Crippen LogP contribution < -0.4 is 0 Å². The molecule has 0 saturated carbocycles. The molecule has 3 heteroatoms. The molecule has 1 unspecified atom stereocenters. The lowest BCUT2D eigenvalue weighted by Gasteiger charge is -2.14. The molecule has 0 aliphatic carbocycles. The fourth-order valence-electron chi connectivity index (χ4n) is 2.09. The van der Waals surface area contributed by atoms with Crippen LogP contribution in [0.25, 0.3) is 0 Å². The van der Waals surface area contributed by atoms with Gasteiger partial charge in [0.2, 0.25) is 0 Å². The first-order chi connectivity index (χ1) is 9.79. The third-order valence-electron chi connectivity index (χ3n) is 3.26. The SMILES string of the molecule is OCC(CCSc1ccccc1)Cc1ccccc1Cl. The van der Waals surface area contributed by atoms with Crippen LogP contribution >= 0.6 is 23.4 Å². The van der Waals surface area contributed by atoms with E-state index in [0.717, 1.165) is 29.2 Å². The van der Waals surface area contributed by atoms with Crippen molar-refractivity contribution in [2.75, 3.05) is 12.4 Å². The van der Waals surface area contributed by atoms with Gasteiger partial charge in [-0.2, -0.15) is 0 Å². The van der Waals surface area contributed by atoms with Crippen LogP contribution in [0.1, 0.15) is 12.0 Å². The highest BCUT2D eigenvalue weighted by Gasteiger charge is 2.10. The smallest absolute Gasteiger partial charge is 0.0462 e. The van der Waals surface area contributed by atoms with E-state index in [4.69, 9.17) is 11.6 Å². The quantitative estimate of drug-likeness (QED) is 0.750. The molecule has 0 radical (unpaired) electrons. The van der Waals surface area contributed by atoms with Gasteiger partial charge < -0.3 is 5.11 Å². The molecule has 20 heavy (non-hydrogen) atoms. The summed E-state index contributed by atoms with van der Waals surface area (Å²) in [5.74, 6) is 1.28. The summed E-state index contributed by atoms with van der Waals surface area (Å²) < 4.78 is 0. The summed E-state index contributed by atoms with van der Waals surface area (Å²) >= 11 is 8.00. The van der Waals surface area contributed by atoms with E-state index in [-0.39, 0.29) is 12.5 Å². The van der Waals surface area contributed by atoms with Gasteiger partial charge in [0.25, 0.3) is 0 Å². The molecule has 106 valence electrons. The van der Waals surface area contributed by atoms with Crippen molar-refractivity contribution in [1.82, 2.24) is 0 Å². The Balaban J connectivity index is 1.82. The lowest BCUT2D eigenvalue weighted by Crippen LogP contribution is -2.11. The van der Waals surface area contributed by atoms with Gasteiger partial charge in [0.1, 0.15) is 0 Å². The second kappa shape index (κ2) is 8.35. The summed E-state index contributed by atoms with van der Waals surface area (Å²) in [5, 5.41) is 10.3. The van der Waals surface area contributed by atoms with E-state index >= 15 is 0 Å². The van der Waals surface area contributed by atoms with E-state index in [1.54, 1.807) is 0 Å². The van der Waals surface area contributed by atoms with Gasteiger partial charge in [-0.15, -0.1) is 11.8 Å². The minimum Gasteiger partial charge on any atom is -0.396 e. The zero-order valence-corrected chi connectivity index (χ0v) is 12.9. The molecule has 2 rings (SSSR count). The van der Waals surface area contributed by atoms with Crippen LogP contribution in [0.15, 0.2) is 59.5 Å². The Morgan fingerprint density at radius 3 is 2.40 bits per heavy atom. The summed E-state index contributed by atoms with van der Waals surface area (Å²) in [6, 6.07) is 18.2. The Morgan fingerprint density at radius 2 is 1.70 bits per heavy atom. The van der Waals surface area contributed by atoms with Gasteiger partial charge in [0.15, 0.2) is 0 Å². The average molecular weight is 307 g/mol. The second-order valence-electron chi connectivity index (χ2n) is 4.79. The molecule has 0 fully saturated rings.